The Morgan fingerprint density at radius 3 is 0.964 bits per heavy atom. The largest absolute Gasteiger partial charge is 0.309 e. The molecular weight excluding hydrogens is 348 g/mol. The van der Waals surface area contributed by atoms with E-state index in [0.29, 0.717) is 0 Å². The van der Waals surface area contributed by atoms with Gasteiger partial charge in [-0.3, -0.25) is 0 Å². The minimum Gasteiger partial charge on any atom is -0.309 e. The molecule has 2 aromatic heterocycles. The molecule has 0 amide bonds. The number of imidazole rings is 2. The number of hydrogen-bond acceptors (Lipinski definition) is 2. The maximum Gasteiger partial charge on any atom is 0.230 e. The summed E-state index contributed by atoms with van der Waals surface area (Å²) in [5.41, 5.74) is 6.56. The topological polar surface area (TPSA) is 44.4 Å². The third kappa shape index (κ3) is 2.71. The molecule has 2 aromatic carbocycles. The molecule has 0 unspecified atom stereocenters. The van der Waals surface area contributed by atoms with Gasteiger partial charge in [-0.2, -0.15) is 0 Å². The van der Waals surface area contributed by atoms with Crippen molar-refractivity contribution in [3.63, 3.8) is 0 Å². The minimum atomic E-state index is 0.854. The molecule has 0 aliphatic carbocycles. The molecule has 0 N–H and O–H groups in total. The van der Waals surface area contributed by atoms with Crippen LogP contribution in [0.1, 0.15) is 27.7 Å². The highest BCUT2D eigenvalue weighted by Crippen LogP contribution is 2.14. The maximum absolute atomic E-state index is 4.78. The van der Waals surface area contributed by atoms with E-state index >= 15 is 0 Å². The van der Waals surface area contributed by atoms with Gasteiger partial charge in [0, 0.05) is 26.2 Å². The van der Waals surface area contributed by atoms with Gasteiger partial charge in [0.05, 0.1) is 22.1 Å². The summed E-state index contributed by atoms with van der Waals surface area (Å²) in [6.07, 6.45) is 0. The molecule has 0 saturated carbocycles. The maximum atomic E-state index is 4.78. The number of aromatic nitrogens is 4. The monoisotopic (exact) mass is 376 g/mol. The molecule has 0 fully saturated rings. The average Bonchev–Trinajstić information content (AvgIpc) is 3.22. The Morgan fingerprint density at radius 1 is 0.500 bits per heavy atom. The van der Waals surface area contributed by atoms with Crippen LogP contribution in [0.25, 0.3) is 22.1 Å². The van der Waals surface area contributed by atoms with E-state index < -0.39 is 0 Å². The van der Waals surface area contributed by atoms with Gasteiger partial charge < -0.3 is 18.3 Å². The van der Waals surface area contributed by atoms with Gasteiger partial charge in [0.15, 0.2) is 0 Å². The average molecular weight is 377 g/mol. The van der Waals surface area contributed by atoms with Crippen LogP contribution in [0.5, 0.6) is 0 Å². The van der Waals surface area contributed by atoms with E-state index in [0.717, 1.165) is 37.4 Å². The smallest absolute Gasteiger partial charge is 0.230 e. The minimum absolute atomic E-state index is 0.854. The van der Waals surface area contributed by atoms with E-state index in [1.54, 1.807) is 0 Å². The molecule has 0 bridgehead atoms. The first kappa shape index (κ1) is 18.3. The summed E-state index contributed by atoms with van der Waals surface area (Å²) in [5, 5.41) is 9.55. The predicted molar refractivity (Wildman–Crippen MR) is 114 cm³/mol. The zero-order valence-electron chi connectivity index (χ0n) is 17.1. The highest BCUT2D eigenvalue weighted by Gasteiger charge is 2.11. The van der Waals surface area contributed by atoms with Crippen LogP contribution in [0.2, 0.25) is 0 Å². The van der Waals surface area contributed by atoms with Gasteiger partial charge in [0.1, 0.15) is 0 Å². The zero-order chi connectivity index (χ0) is 19.7. The number of aryl methyl sites for hydroxylation is 4. The predicted octanol–water partition coefficient (Wildman–Crippen LogP) is 3.70. The van der Waals surface area contributed by atoms with Crippen molar-refractivity contribution in [1.29, 1.82) is 0 Å². The fourth-order valence-corrected chi connectivity index (χ4v) is 4.12. The number of benzene rings is 2. The van der Waals surface area contributed by atoms with Crippen molar-refractivity contribution >= 4 is 22.1 Å². The van der Waals surface area contributed by atoms with E-state index in [9.17, 15) is 0 Å². The number of hydrogen-bond donors (Lipinski definition) is 0. The molecule has 4 rings (SSSR count). The van der Waals surface area contributed by atoms with Crippen LogP contribution in [0.15, 0.2) is 58.7 Å². The number of nitrogens with zero attached hydrogens (tertiary/aromatic N) is 6. The van der Waals surface area contributed by atoms with Crippen molar-refractivity contribution in [2.24, 2.45) is 10.2 Å². The standard InChI is InChI=1S/C22H28N6/c1-5-25-17-13-9-10-14-18(17)26(6-2)21(25)23-24-22-27(7-3)19-15-11-12-16-20(19)28(22)8-4/h9-16H,5-8H2,1-4H3. The Bertz CT molecular complexity index is 1070. The van der Waals surface area contributed by atoms with E-state index in [2.05, 4.69) is 94.5 Å². The SMILES string of the molecule is CCn1c(=NN=c2n(CC)c3ccccc3n2CC)n(CC)c2ccccc21. The molecule has 6 heteroatoms. The van der Waals surface area contributed by atoms with Crippen LogP contribution in [-0.4, -0.2) is 18.3 Å². The molecule has 2 heterocycles. The second kappa shape index (κ2) is 7.54. The first-order chi connectivity index (χ1) is 13.7. The van der Waals surface area contributed by atoms with Gasteiger partial charge in [-0.05, 0) is 52.0 Å². The highest BCUT2D eigenvalue weighted by molar-refractivity contribution is 5.76. The highest BCUT2D eigenvalue weighted by atomic mass is 15.4. The third-order valence-corrected chi connectivity index (χ3v) is 5.39. The summed E-state index contributed by atoms with van der Waals surface area (Å²) >= 11 is 0. The number of rotatable bonds is 5. The number of para-hydroxylation sites is 4. The summed E-state index contributed by atoms with van der Waals surface area (Å²) in [4.78, 5) is 0. The van der Waals surface area contributed by atoms with Crippen molar-refractivity contribution in [2.45, 2.75) is 53.9 Å². The Labute approximate surface area is 164 Å². The lowest BCUT2D eigenvalue weighted by atomic mass is 10.3. The van der Waals surface area contributed by atoms with Crippen molar-refractivity contribution in [1.82, 2.24) is 18.3 Å². The van der Waals surface area contributed by atoms with Crippen LogP contribution in [0.4, 0.5) is 0 Å². The first-order valence-electron chi connectivity index (χ1n) is 10.2. The summed E-state index contributed by atoms with van der Waals surface area (Å²) in [6.45, 7) is 12.0. The van der Waals surface area contributed by atoms with Gasteiger partial charge in [0.2, 0.25) is 11.2 Å². The molecule has 6 nitrogen and oxygen atoms in total. The van der Waals surface area contributed by atoms with Crippen molar-refractivity contribution in [3.8, 4) is 0 Å². The Hall–Kier alpha value is -3.02. The van der Waals surface area contributed by atoms with Crippen LogP contribution >= 0.6 is 0 Å². The molecule has 0 radical (unpaired) electrons. The molecule has 0 spiro atoms. The normalized spacial score (nSPS) is 11.4. The molecule has 0 saturated heterocycles. The van der Waals surface area contributed by atoms with Gasteiger partial charge in [-0.15, -0.1) is 10.2 Å². The quantitative estimate of drug-likeness (QED) is 0.477. The number of fused-ring (bicyclic) bond motifs is 2. The molecule has 0 atom stereocenters. The molecule has 28 heavy (non-hydrogen) atoms. The van der Waals surface area contributed by atoms with E-state index in [1.807, 2.05) is 0 Å². The zero-order valence-corrected chi connectivity index (χ0v) is 17.1. The van der Waals surface area contributed by atoms with Gasteiger partial charge in [0.25, 0.3) is 0 Å². The molecule has 146 valence electrons. The summed E-state index contributed by atoms with van der Waals surface area (Å²) in [7, 11) is 0. The molecular formula is C22H28N6. The van der Waals surface area contributed by atoms with Gasteiger partial charge in [-0.1, -0.05) is 24.3 Å². The lowest BCUT2D eigenvalue weighted by Crippen LogP contribution is -2.28. The first-order valence-corrected chi connectivity index (χ1v) is 10.2. The third-order valence-electron chi connectivity index (χ3n) is 5.39. The molecule has 0 aliphatic rings. The fourth-order valence-electron chi connectivity index (χ4n) is 4.12. The molecule has 0 aliphatic heterocycles. The lowest BCUT2D eigenvalue weighted by Gasteiger charge is -2.01. The van der Waals surface area contributed by atoms with Crippen LogP contribution in [0, 0.1) is 0 Å². The van der Waals surface area contributed by atoms with E-state index in [1.165, 1.54) is 22.1 Å². The van der Waals surface area contributed by atoms with Gasteiger partial charge in [-0.25, -0.2) is 0 Å². The van der Waals surface area contributed by atoms with Crippen LogP contribution in [0.3, 0.4) is 0 Å². The second-order valence-corrected chi connectivity index (χ2v) is 6.75. The van der Waals surface area contributed by atoms with Crippen LogP contribution in [-0.2, 0) is 26.2 Å². The second-order valence-electron chi connectivity index (χ2n) is 6.75. The summed E-state index contributed by atoms with van der Waals surface area (Å²) in [5.74, 6) is 0. The van der Waals surface area contributed by atoms with Gasteiger partial charge >= 0.3 is 0 Å². The Kier molecular flexibility index (Phi) is 4.94. The summed E-state index contributed by atoms with van der Waals surface area (Å²) in [6, 6.07) is 16.9. The Balaban J connectivity index is 2.08. The van der Waals surface area contributed by atoms with Crippen LogP contribution < -0.4 is 11.2 Å². The van der Waals surface area contributed by atoms with Crippen molar-refractivity contribution in [3.05, 3.63) is 59.8 Å². The van der Waals surface area contributed by atoms with E-state index in [-0.39, 0.29) is 0 Å². The summed E-state index contributed by atoms with van der Waals surface area (Å²) < 4.78 is 8.93. The van der Waals surface area contributed by atoms with E-state index in [4.69, 9.17) is 10.2 Å². The van der Waals surface area contributed by atoms with Crippen molar-refractivity contribution < 1.29 is 0 Å². The molecule has 4 aromatic rings. The fraction of sp³-hybridized carbons (Fsp3) is 0.364. The van der Waals surface area contributed by atoms with Crippen molar-refractivity contribution in [2.75, 3.05) is 0 Å². The lowest BCUT2D eigenvalue weighted by molar-refractivity contribution is 0.611. The Morgan fingerprint density at radius 2 is 0.750 bits per heavy atom.